The normalized spacial score (nSPS) is 20.1. The first-order valence-electron chi connectivity index (χ1n) is 8.36. The van der Waals surface area contributed by atoms with Crippen LogP contribution >= 0.6 is 0 Å². The highest BCUT2D eigenvalue weighted by Gasteiger charge is 2.34. The first-order chi connectivity index (χ1) is 11.9. The van der Waals surface area contributed by atoms with Crippen molar-refractivity contribution in [3.8, 4) is 0 Å². The lowest BCUT2D eigenvalue weighted by atomic mass is 10.00. The van der Waals surface area contributed by atoms with E-state index in [0.29, 0.717) is 18.0 Å². The van der Waals surface area contributed by atoms with Crippen LogP contribution in [0.5, 0.6) is 0 Å². The van der Waals surface area contributed by atoms with Crippen LogP contribution in [0, 0.1) is 19.8 Å². The van der Waals surface area contributed by atoms with E-state index in [9.17, 15) is 8.42 Å². The fraction of sp³-hybridized carbons (Fsp3) is 0.238. The van der Waals surface area contributed by atoms with Crippen molar-refractivity contribution in [2.45, 2.75) is 18.7 Å². The van der Waals surface area contributed by atoms with E-state index in [1.54, 1.807) is 16.4 Å². The molecule has 0 aromatic heterocycles. The molecule has 1 atom stereocenters. The molecule has 0 radical (unpaired) electrons. The number of aryl methyl sites for hydroxylation is 2. The molecule has 0 aliphatic carbocycles. The van der Waals surface area contributed by atoms with Gasteiger partial charge < -0.3 is 0 Å². The monoisotopic (exact) mass is 353 g/mol. The maximum absolute atomic E-state index is 12.9. The van der Waals surface area contributed by atoms with Crippen molar-refractivity contribution < 1.29 is 8.42 Å². The Morgan fingerprint density at radius 3 is 2.12 bits per heavy atom. The van der Waals surface area contributed by atoms with Crippen molar-refractivity contribution >= 4 is 16.1 Å². The van der Waals surface area contributed by atoms with Crippen molar-refractivity contribution in [3.05, 3.63) is 83.4 Å². The van der Waals surface area contributed by atoms with E-state index in [1.165, 1.54) is 5.56 Å². The molecular weight excluding hydrogens is 330 g/mol. The Kier molecular flexibility index (Phi) is 4.93. The molecule has 130 valence electrons. The summed E-state index contributed by atoms with van der Waals surface area (Å²) in [6.07, 6.45) is 3.92. The molecular formula is C21H23NO2S. The van der Waals surface area contributed by atoms with Crippen LogP contribution in [-0.4, -0.2) is 25.8 Å². The molecule has 0 amide bonds. The number of hydrogen-bond donors (Lipinski definition) is 0. The van der Waals surface area contributed by atoms with Gasteiger partial charge in [0.1, 0.15) is 0 Å². The molecule has 0 unspecified atom stereocenters. The van der Waals surface area contributed by atoms with E-state index in [0.717, 1.165) is 16.7 Å². The molecule has 0 bridgehead atoms. The zero-order valence-electron chi connectivity index (χ0n) is 14.6. The summed E-state index contributed by atoms with van der Waals surface area (Å²) in [7, 11) is -3.49. The number of sulfonamides is 1. The summed E-state index contributed by atoms with van der Waals surface area (Å²) in [5, 5.41) is 0. The summed E-state index contributed by atoms with van der Waals surface area (Å²) in [5.74, 6) is 0.0431. The minimum atomic E-state index is -3.49. The van der Waals surface area contributed by atoms with E-state index in [4.69, 9.17) is 0 Å². The highest BCUT2D eigenvalue weighted by molar-refractivity contribution is 7.89. The second-order valence-electron chi connectivity index (χ2n) is 6.58. The van der Waals surface area contributed by atoms with Gasteiger partial charge in [0.15, 0.2) is 0 Å². The van der Waals surface area contributed by atoms with Gasteiger partial charge in [-0.1, -0.05) is 59.7 Å². The molecule has 1 aliphatic rings. The maximum atomic E-state index is 12.9. The summed E-state index contributed by atoms with van der Waals surface area (Å²) < 4.78 is 27.4. The predicted octanol–water partition coefficient (Wildman–Crippen LogP) is 4.19. The van der Waals surface area contributed by atoms with Crippen LogP contribution in [0.3, 0.4) is 0 Å². The van der Waals surface area contributed by atoms with E-state index in [2.05, 4.69) is 43.8 Å². The number of hydrogen-bond acceptors (Lipinski definition) is 2. The second kappa shape index (κ2) is 6.98. The lowest BCUT2D eigenvalue weighted by Gasteiger charge is -2.15. The molecule has 0 N–H and O–H groups in total. The van der Waals surface area contributed by atoms with Gasteiger partial charge in [-0.05, 0) is 37.1 Å². The van der Waals surface area contributed by atoms with Crippen LogP contribution < -0.4 is 0 Å². The number of rotatable bonds is 4. The Morgan fingerprint density at radius 2 is 1.56 bits per heavy atom. The quantitative estimate of drug-likeness (QED) is 0.773. The molecule has 3 nitrogen and oxygen atoms in total. The van der Waals surface area contributed by atoms with Gasteiger partial charge in [-0.2, -0.15) is 4.31 Å². The SMILES string of the molecule is C=C[C@@H]1CN(S(=O)(=O)c2ccc(C)cc2)C/C1=C\c1ccc(C)cc1. The Balaban J connectivity index is 1.89. The Labute approximate surface area is 150 Å². The van der Waals surface area contributed by atoms with E-state index in [-0.39, 0.29) is 5.92 Å². The third kappa shape index (κ3) is 3.75. The predicted molar refractivity (Wildman–Crippen MR) is 103 cm³/mol. The fourth-order valence-corrected chi connectivity index (χ4v) is 4.47. The molecule has 25 heavy (non-hydrogen) atoms. The number of nitrogens with zero attached hydrogens (tertiary/aromatic N) is 1. The standard InChI is InChI=1S/C21H23NO2S/c1-4-19-14-22(25(23,24)21-11-7-17(3)8-12-21)15-20(19)13-18-9-5-16(2)6-10-18/h4-13,19H,1,14-15H2,2-3H3/b20-13+/t19-/m1/s1. The van der Waals surface area contributed by atoms with E-state index in [1.807, 2.05) is 25.1 Å². The summed E-state index contributed by atoms with van der Waals surface area (Å²) in [6, 6.07) is 15.2. The smallest absolute Gasteiger partial charge is 0.207 e. The lowest BCUT2D eigenvalue weighted by molar-refractivity contribution is 0.471. The van der Waals surface area contributed by atoms with Gasteiger partial charge in [0.05, 0.1) is 4.90 Å². The van der Waals surface area contributed by atoms with Gasteiger partial charge in [-0.25, -0.2) is 8.42 Å². The zero-order chi connectivity index (χ0) is 18.0. The molecule has 2 aromatic carbocycles. The van der Waals surface area contributed by atoms with E-state index >= 15 is 0 Å². The van der Waals surface area contributed by atoms with Gasteiger partial charge in [0.25, 0.3) is 0 Å². The third-order valence-corrected chi connectivity index (χ3v) is 6.43. The average Bonchev–Trinajstić information content (AvgIpc) is 3.01. The Morgan fingerprint density at radius 1 is 1.00 bits per heavy atom. The molecule has 1 heterocycles. The van der Waals surface area contributed by atoms with E-state index < -0.39 is 10.0 Å². The van der Waals surface area contributed by atoms with Crippen LogP contribution in [0.15, 0.2) is 71.7 Å². The van der Waals surface area contributed by atoms with Crippen molar-refractivity contribution in [3.63, 3.8) is 0 Å². The first kappa shape index (κ1) is 17.6. The zero-order valence-corrected chi connectivity index (χ0v) is 15.5. The third-order valence-electron chi connectivity index (χ3n) is 4.61. The van der Waals surface area contributed by atoms with Crippen LogP contribution in [0.2, 0.25) is 0 Å². The van der Waals surface area contributed by atoms with Crippen molar-refractivity contribution in [2.24, 2.45) is 5.92 Å². The highest BCUT2D eigenvalue weighted by Crippen LogP contribution is 2.30. The minimum Gasteiger partial charge on any atom is -0.207 e. The summed E-state index contributed by atoms with van der Waals surface area (Å²) in [6.45, 7) is 8.73. The second-order valence-corrected chi connectivity index (χ2v) is 8.52. The Hall–Kier alpha value is -2.17. The molecule has 3 rings (SSSR count). The summed E-state index contributed by atoms with van der Waals surface area (Å²) in [5.41, 5.74) is 4.42. The number of benzene rings is 2. The maximum Gasteiger partial charge on any atom is 0.243 e. The average molecular weight is 353 g/mol. The molecule has 1 saturated heterocycles. The lowest BCUT2D eigenvalue weighted by Crippen LogP contribution is -2.28. The first-order valence-corrected chi connectivity index (χ1v) is 9.80. The molecule has 1 aliphatic heterocycles. The van der Waals surface area contributed by atoms with Gasteiger partial charge in [-0.3, -0.25) is 0 Å². The molecule has 0 spiro atoms. The summed E-state index contributed by atoms with van der Waals surface area (Å²) >= 11 is 0. The molecule has 2 aromatic rings. The van der Waals surface area contributed by atoms with Gasteiger partial charge in [0, 0.05) is 19.0 Å². The van der Waals surface area contributed by atoms with Crippen molar-refractivity contribution in [1.29, 1.82) is 0 Å². The van der Waals surface area contributed by atoms with Crippen LogP contribution in [0.4, 0.5) is 0 Å². The van der Waals surface area contributed by atoms with Crippen molar-refractivity contribution in [2.75, 3.05) is 13.1 Å². The van der Waals surface area contributed by atoms with Gasteiger partial charge in [-0.15, -0.1) is 6.58 Å². The van der Waals surface area contributed by atoms with Crippen LogP contribution in [0.1, 0.15) is 16.7 Å². The van der Waals surface area contributed by atoms with Gasteiger partial charge in [0.2, 0.25) is 10.0 Å². The largest absolute Gasteiger partial charge is 0.243 e. The molecule has 4 heteroatoms. The molecule has 1 fully saturated rings. The van der Waals surface area contributed by atoms with Crippen LogP contribution in [0.25, 0.3) is 6.08 Å². The molecule has 0 saturated carbocycles. The minimum absolute atomic E-state index is 0.0431. The van der Waals surface area contributed by atoms with Crippen LogP contribution in [-0.2, 0) is 10.0 Å². The Bertz CT molecular complexity index is 894. The topological polar surface area (TPSA) is 37.4 Å². The van der Waals surface area contributed by atoms with Crippen molar-refractivity contribution in [1.82, 2.24) is 4.31 Å². The fourth-order valence-electron chi connectivity index (χ4n) is 3.02. The van der Waals surface area contributed by atoms with Gasteiger partial charge >= 0.3 is 0 Å². The highest BCUT2D eigenvalue weighted by atomic mass is 32.2. The summed E-state index contributed by atoms with van der Waals surface area (Å²) in [4.78, 5) is 0.345.